The van der Waals surface area contributed by atoms with Crippen LogP contribution < -0.4 is 9.64 Å². The number of rotatable bonds is 4. The third kappa shape index (κ3) is 4.03. The van der Waals surface area contributed by atoms with Gasteiger partial charge in [-0.2, -0.15) is 0 Å². The van der Waals surface area contributed by atoms with Gasteiger partial charge in [-0.05, 0) is 35.0 Å². The summed E-state index contributed by atoms with van der Waals surface area (Å²) in [7, 11) is 0. The zero-order chi connectivity index (χ0) is 16.9. The number of carbonyl (C=O) groups excluding carboxylic acids is 1. The van der Waals surface area contributed by atoms with Crippen molar-refractivity contribution in [3.05, 3.63) is 47.2 Å². The molecule has 0 spiro atoms. The van der Waals surface area contributed by atoms with E-state index in [0.717, 1.165) is 4.47 Å². The lowest BCUT2D eigenvalue weighted by Gasteiger charge is -2.35. The van der Waals surface area contributed by atoms with Gasteiger partial charge in [0.15, 0.2) is 6.10 Å². The maximum atomic E-state index is 12.5. The van der Waals surface area contributed by atoms with Gasteiger partial charge in [-0.25, -0.2) is 9.97 Å². The number of carbonyl (C=O) groups is 1. The van der Waals surface area contributed by atoms with Crippen molar-refractivity contribution in [1.82, 2.24) is 14.9 Å². The Morgan fingerprint density at radius 3 is 2.38 bits per heavy atom. The maximum absolute atomic E-state index is 12.5. The van der Waals surface area contributed by atoms with Crippen LogP contribution >= 0.6 is 15.9 Å². The lowest BCUT2D eigenvalue weighted by Crippen LogP contribution is -2.52. The molecule has 0 bridgehead atoms. The summed E-state index contributed by atoms with van der Waals surface area (Å²) in [5.41, 5.74) is 0. The van der Waals surface area contributed by atoms with Crippen LogP contribution in [-0.2, 0) is 4.79 Å². The van der Waals surface area contributed by atoms with Crippen LogP contribution in [-0.4, -0.2) is 53.1 Å². The molecule has 24 heavy (non-hydrogen) atoms. The second-order valence-electron chi connectivity index (χ2n) is 5.59. The van der Waals surface area contributed by atoms with E-state index >= 15 is 0 Å². The molecule has 6 nitrogen and oxygen atoms in total. The fraction of sp³-hybridized carbons (Fsp3) is 0.353. The number of hydrogen-bond donors (Lipinski definition) is 0. The van der Waals surface area contributed by atoms with Crippen LogP contribution in [0, 0.1) is 0 Å². The summed E-state index contributed by atoms with van der Waals surface area (Å²) >= 11 is 3.33. The predicted molar refractivity (Wildman–Crippen MR) is 95.1 cm³/mol. The Morgan fingerprint density at radius 1 is 1.12 bits per heavy atom. The summed E-state index contributed by atoms with van der Waals surface area (Å²) in [4.78, 5) is 25.1. The Labute approximate surface area is 149 Å². The minimum atomic E-state index is -0.497. The topological polar surface area (TPSA) is 58.6 Å². The fourth-order valence-electron chi connectivity index (χ4n) is 2.61. The molecule has 2 aromatic rings. The number of amides is 1. The van der Waals surface area contributed by atoms with Gasteiger partial charge >= 0.3 is 0 Å². The summed E-state index contributed by atoms with van der Waals surface area (Å²) in [6, 6.07) is 9.41. The first-order valence-corrected chi connectivity index (χ1v) is 8.66. The number of halogens is 1. The van der Waals surface area contributed by atoms with Crippen molar-refractivity contribution in [3.63, 3.8) is 0 Å². The zero-order valence-corrected chi connectivity index (χ0v) is 15.0. The highest BCUT2D eigenvalue weighted by molar-refractivity contribution is 9.10. The van der Waals surface area contributed by atoms with Gasteiger partial charge in [-0.3, -0.25) is 4.79 Å². The van der Waals surface area contributed by atoms with Gasteiger partial charge in [0.25, 0.3) is 5.91 Å². The van der Waals surface area contributed by atoms with Crippen molar-refractivity contribution >= 4 is 27.8 Å². The standard InChI is InChI=1S/C17H19BrN4O2/c1-13(24-15-5-3-2-4-6-15)16(23)21-7-9-22(10-8-21)17-19-11-14(18)12-20-17/h2-6,11-13H,7-10H2,1H3. The first-order chi connectivity index (χ1) is 11.6. The number of ether oxygens (including phenoxy) is 1. The van der Waals surface area contributed by atoms with Crippen molar-refractivity contribution in [2.24, 2.45) is 0 Å². The molecule has 1 aliphatic rings. The van der Waals surface area contributed by atoms with E-state index in [9.17, 15) is 4.79 Å². The molecule has 1 aliphatic heterocycles. The highest BCUT2D eigenvalue weighted by Crippen LogP contribution is 2.15. The summed E-state index contributed by atoms with van der Waals surface area (Å²) in [6.07, 6.45) is 2.97. The Kier molecular flexibility index (Phi) is 5.30. The van der Waals surface area contributed by atoms with E-state index in [1.807, 2.05) is 35.2 Å². The molecular weight excluding hydrogens is 372 g/mol. The average Bonchev–Trinajstić information content (AvgIpc) is 2.63. The molecule has 0 aliphatic carbocycles. The van der Waals surface area contributed by atoms with Crippen LogP contribution in [0.25, 0.3) is 0 Å². The van der Waals surface area contributed by atoms with E-state index in [-0.39, 0.29) is 5.91 Å². The molecule has 1 aromatic heterocycles. The van der Waals surface area contributed by atoms with Gasteiger partial charge in [0.2, 0.25) is 5.95 Å². The van der Waals surface area contributed by atoms with Crippen molar-refractivity contribution in [3.8, 4) is 5.75 Å². The zero-order valence-electron chi connectivity index (χ0n) is 13.4. The SMILES string of the molecule is CC(Oc1ccccc1)C(=O)N1CCN(c2ncc(Br)cn2)CC1. The van der Waals surface area contributed by atoms with E-state index in [2.05, 4.69) is 30.8 Å². The van der Waals surface area contributed by atoms with E-state index in [1.54, 1.807) is 19.3 Å². The number of hydrogen-bond acceptors (Lipinski definition) is 5. The van der Waals surface area contributed by atoms with E-state index in [0.29, 0.717) is 37.9 Å². The molecule has 1 aromatic carbocycles. The van der Waals surface area contributed by atoms with Crippen LogP contribution in [0.5, 0.6) is 5.75 Å². The molecule has 1 atom stereocenters. The van der Waals surface area contributed by atoms with Gasteiger partial charge in [0.1, 0.15) is 5.75 Å². The molecule has 1 amide bonds. The monoisotopic (exact) mass is 390 g/mol. The maximum Gasteiger partial charge on any atom is 0.263 e. The number of piperazine rings is 1. The second-order valence-corrected chi connectivity index (χ2v) is 6.50. The molecule has 126 valence electrons. The Balaban J connectivity index is 1.54. The van der Waals surface area contributed by atoms with Crippen molar-refractivity contribution in [2.45, 2.75) is 13.0 Å². The Morgan fingerprint density at radius 2 is 1.75 bits per heavy atom. The third-order valence-corrected chi connectivity index (χ3v) is 4.29. The lowest BCUT2D eigenvalue weighted by molar-refractivity contribution is -0.138. The molecule has 0 saturated carbocycles. The molecular formula is C17H19BrN4O2. The quantitative estimate of drug-likeness (QED) is 0.801. The Hall–Kier alpha value is -2.15. The minimum Gasteiger partial charge on any atom is -0.481 e. The number of benzene rings is 1. The highest BCUT2D eigenvalue weighted by Gasteiger charge is 2.26. The summed E-state index contributed by atoms with van der Waals surface area (Å²) in [5.74, 6) is 1.41. The molecule has 1 unspecified atom stereocenters. The van der Waals surface area contributed by atoms with Gasteiger partial charge in [-0.1, -0.05) is 18.2 Å². The Bertz CT molecular complexity index is 673. The van der Waals surface area contributed by atoms with Crippen LogP contribution in [0.1, 0.15) is 6.92 Å². The van der Waals surface area contributed by atoms with E-state index in [4.69, 9.17) is 4.74 Å². The van der Waals surface area contributed by atoms with E-state index in [1.165, 1.54) is 0 Å². The van der Waals surface area contributed by atoms with Crippen LogP contribution in [0.2, 0.25) is 0 Å². The first-order valence-electron chi connectivity index (χ1n) is 7.86. The van der Waals surface area contributed by atoms with Crippen LogP contribution in [0.4, 0.5) is 5.95 Å². The molecule has 0 N–H and O–H groups in total. The number of anilines is 1. The number of aromatic nitrogens is 2. The molecule has 7 heteroatoms. The first kappa shape index (κ1) is 16.7. The van der Waals surface area contributed by atoms with Crippen molar-refractivity contribution in [2.75, 3.05) is 31.1 Å². The fourth-order valence-corrected chi connectivity index (χ4v) is 2.81. The highest BCUT2D eigenvalue weighted by atomic mass is 79.9. The predicted octanol–water partition coefficient (Wildman–Crippen LogP) is 2.36. The molecule has 0 radical (unpaired) electrons. The van der Waals surface area contributed by atoms with Gasteiger partial charge in [0.05, 0.1) is 4.47 Å². The van der Waals surface area contributed by atoms with Gasteiger partial charge in [-0.15, -0.1) is 0 Å². The minimum absolute atomic E-state index is 0.00947. The molecule has 1 fully saturated rings. The van der Waals surface area contributed by atoms with Crippen LogP contribution in [0.3, 0.4) is 0 Å². The van der Waals surface area contributed by atoms with Gasteiger partial charge < -0.3 is 14.5 Å². The molecule has 2 heterocycles. The molecule has 1 saturated heterocycles. The largest absolute Gasteiger partial charge is 0.481 e. The van der Waals surface area contributed by atoms with Crippen molar-refractivity contribution < 1.29 is 9.53 Å². The summed E-state index contributed by atoms with van der Waals surface area (Å²) in [5, 5.41) is 0. The molecule has 3 rings (SSSR count). The van der Waals surface area contributed by atoms with Crippen molar-refractivity contribution in [1.29, 1.82) is 0 Å². The third-order valence-electron chi connectivity index (χ3n) is 3.88. The smallest absolute Gasteiger partial charge is 0.263 e. The summed E-state index contributed by atoms with van der Waals surface area (Å²) in [6.45, 7) is 4.50. The second kappa shape index (κ2) is 7.61. The average molecular weight is 391 g/mol. The lowest BCUT2D eigenvalue weighted by atomic mass is 10.2. The summed E-state index contributed by atoms with van der Waals surface area (Å²) < 4.78 is 6.57. The van der Waals surface area contributed by atoms with Gasteiger partial charge in [0, 0.05) is 38.6 Å². The van der Waals surface area contributed by atoms with E-state index < -0.39 is 6.10 Å². The normalized spacial score (nSPS) is 15.9. The van der Waals surface area contributed by atoms with Crippen LogP contribution in [0.15, 0.2) is 47.2 Å². The number of para-hydroxylation sites is 1. The number of nitrogens with zero attached hydrogens (tertiary/aromatic N) is 4.